The molecule has 0 saturated heterocycles. The minimum Gasteiger partial charge on any atom is -0.464 e. The van der Waals surface area contributed by atoms with Gasteiger partial charge >= 0.3 is 0 Å². The van der Waals surface area contributed by atoms with Crippen molar-refractivity contribution in [1.82, 2.24) is 20.5 Å². The van der Waals surface area contributed by atoms with Crippen molar-refractivity contribution < 1.29 is 9.53 Å². The molecule has 1 aliphatic rings. The number of para-hydroxylation sites is 1. The maximum absolute atomic E-state index is 12.5. The highest BCUT2D eigenvalue weighted by Gasteiger charge is 2.12. The summed E-state index contributed by atoms with van der Waals surface area (Å²) in [6.45, 7) is 0.256. The van der Waals surface area contributed by atoms with E-state index in [2.05, 4.69) is 20.5 Å². The van der Waals surface area contributed by atoms with Gasteiger partial charge in [0.25, 0.3) is 5.91 Å². The van der Waals surface area contributed by atoms with Gasteiger partial charge in [0.2, 0.25) is 0 Å². The van der Waals surface area contributed by atoms with E-state index in [4.69, 9.17) is 4.74 Å². The number of carbonyl (C=O) groups excluding carboxylic acids is 1. The zero-order valence-corrected chi connectivity index (χ0v) is 13.8. The topological polar surface area (TPSA) is 79.9 Å². The molecule has 1 aromatic heterocycles. The van der Waals surface area contributed by atoms with Crippen LogP contribution in [-0.2, 0) is 11.3 Å². The minimum atomic E-state index is -0.209. The van der Waals surface area contributed by atoms with Crippen LogP contribution in [-0.4, -0.2) is 21.1 Å². The third-order valence-corrected chi connectivity index (χ3v) is 3.91. The Balaban J connectivity index is 1.45. The second kappa shape index (κ2) is 7.06. The van der Waals surface area contributed by atoms with Crippen molar-refractivity contribution in [2.75, 3.05) is 0 Å². The Morgan fingerprint density at radius 1 is 1.08 bits per heavy atom. The zero-order valence-electron chi connectivity index (χ0n) is 13.8. The molecule has 2 heterocycles. The summed E-state index contributed by atoms with van der Waals surface area (Å²) in [6, 6.07) is 17.2. The summed E-state index contributed by atoms with van der Waals surface area (Å²) in [7, 11) is 0. The van der Waals surface area contributed by atoms with E-state index in [-0.39, 0.29) is 12.5 Å². The summed E-state index contributed by atoms with van der Waals surface area (Å²) in [5, 5.41) is 9.88. The van der Waals surface area contributed by atoms with Crippen molar-refractivity contribution in [2.45, 2.75) is 6.54 Å². The Labute approximate surface area is 150 Å². The first-order chi connectivity index (χ1) is 12.8. The van der Waals surface area contributed by atoms with Crippen LogP contribution >= 0.6 is 0 Å². The van der Waals surface area contributed by atoms with E-state index in [0.29, 0.717) is 23.0 Å². The lowest BCUT2D eigenvalue weighted by molar-refractivity contribution is -0.117. The normalized spacial score (nSPS) is 12.5. The van der Waals surface area contributed by atoms with Crippen LogP contribution in [0.25, 0.3) is 17.5 Å². The van der Waals surface area contributed by atoms with E-state index >= 15 is 0 Å². The van der Waals surface area contributed by atoms with Gasteiger partial charge in [0, 0.05) is 16.7 Å². The third-order valence-electron chi connectivity index (χ3n) is 3.91. The smallest absolute Gasteiger partial charge is 0.251 e. The molecule has 0 bridgehead atoms. The molecule has 0 atom stereocenters. The fraction of sp³-hybridized carbons (Fsp3) is 0.0500. The van der Waals surface area contributed by atoms with Crippen molar-refractivity contribution in [2.24, 2.45) is 0 Å². The molecule has 2 N–H and O–H groups in total. The molecule has 0 fully saturated rings. The van der Waals surface area contributed by atoms with E-state index in [1.54, 1.807) is 12.2 Å². The van der Waals surface area contributed by atoms with Gasteiger partial charge in [-0.25, -0.2) is 4.98 Å². The number of fused-ring (bicyclic) bond motifs is 1. The highest BCUT2D eigenvalue weighted by atomic mass is 16.5. The van der Waals surface area contributed by atoms with E-state index < -0.39 is 0 Å². The predicted octanol–water partition coefficient (Wildman–Crippen LogP) is 3.08. The van der Waals surface area contributed by atoms with Crippen LogP contribution in [0.3, 0.4) is 0 Å². The number of aromatic amines is 1. The Bertz CT molecular complexity index is 990. The maximum Gasteiger partial charge on any atom is 0.251 e. The number of rotatable bonds is 4. The first-order valence-corrected chi connectivity index (χ1v) is 8.18. The third kappa shape index (κ3) is 3.39. The zero-order chi connectivity index (χ0) is 17.8. The molecule has 3 aromatic rings. The van der Waals surface area contributed by atoms with Crippen molar-refractivity contribution in [3.05, 3.63) is 83.9 Å². The van der Waals surface area contributed by atoms with Crippen LogP contribution in [0.1, 0.15) is 11.4 Å². The van der Waals surface area contributed by atoms with Gasteiger partial charge in [-0.05, 0) is 18.2 Å². The quantitative estimate of drug-likeness (QED) is 0.762. The summed E-state index contributed by atoms with van der Waals surface area (Å²) in [6.07, 6.45) is 4.95. The summed E-state index contributed by atoms with van der Waals surface area (Å²) >= 11 is 0. The van der Waals surface area contributed by atoms with Crippen LogP contribution in [0.2, 0.25) is 0 Å². The summed E-state index contributed by atoms with van der Waals surface area (Å²) in [5.74, 6) is 1.70. The highest BCUT2D eigenvalue weighted by Crippen LogP contribution is 2.24. The fourth-order valence-electron chi connectivity index (χ4n) is 2.60. The molecule has 0 aliphatic carbocycles. The van der Waals surface area contributed by atoms with Crippen LogP contribution in [0.15, 0.2) is 72.5 Å². The number of hydrogen-bond donors (Lipinski definition) is 2. The number of aromatic nitrogens is 3. The number of nitrogens with one attached hydrogen (secondary N) is 2. The standard InChI is InChI=1S/C20H16N4O2/c25-20(16-10-11-26-17-9-5-4-8-15(17)12-16)21-13-18-22-19(24-23-18)14-6-2-1-3-7-14/h1-12H,13H2,(H,21,25)(H,22,23,24). The first-order valence-electron chi connectivity index (χ1n) is 8.18. The second-order valence-corrected chi connectivity index (χ2v) is 5.71. The van der Waals surface area contributed by atoms with Crippen LogP contribution in [0.5, 0.6) is 5.75 Å². The fourth-order valence-corrected chi connectivity index (χ4v) is 2.60. The molecule has 26 heavy (non-hydrogen) atoms. The molecule has 128 valence electrons. The Hall–Kier alpha value is -3.67. The largest absolute Gasteiger partial charge is 0.464 e. The van der Waals surface area contributed by atoms with Gasteiger partial charge in [0.1, 0.15) is 11.6 Å². The molecule has 0 radical (unpaired) electrons. The maximum atomic E-state index is 12.5. The van der Waals surface area contributed by atoms with E-state index in [1.165, 1.54) is 6.26 Å². The summed E-state index contributed by atoms with van der Waals surface area (Å²) in [5.41, 5.74) is 2.29. The number of nitrogens with zero attached hydrogens (tertiary/aromatic N) is 2. The van der Waals surface area contributed by atoms with Gasteiger partial charge in [0.15, 0.2) is 5.82 Å². The molecular weight excluding hydrogens is 328 g/mol. The molecule has 6 nitrogen and oxygen atoms in total. The van der Waals surface area contributed by atoms with Crippen LogP contribution < -0.4 is 10.1 Å². The molecular formula is C20H16N4O2. The highest BCUT2D eigenvalue weighted by molar-refractivity contribution is 6.01. The number of ether oxygens (including phenoxy) is 1. The van der Waals surface area contributed by atoms with Gasteiger partial charge in [-0.3, -0.25) is 9.89 Å². The predicted molar refractivity (Wildman–Crippen MR) is 97.9 cm³/mol. The minimum absolute atomic E-state index is 0.209. The second-order valence-electron chi connectivity index (χ2n) is 5.71. The Morgan fingerprint density at radius 2 is 1.88 bits per heavy atom. The lowest BCUT2D eigenvalue weighted by Crippen LogP contribution is -2.24. The van der Waals surface area contributed by atoms with Crippen molar-refractivity contribution >= 4 is 12.0 Å². The molecule has 2 aromatic carbocycles. The van der Waals surface area contributed by atoms with Crippen LogP contribution in [0, 0.1) is 0 Å². The number of amides is 1. The van der Waals surface area contributed by atoms with Gasteiger partial charge in [-0.2, -0.15) is 5.10 Å². The van der Waals surface area contributed by atoms with E-state index in [0.717, 1.165) is 11.1 Å². The molecule has 0 unspecified atom stereocenters. The first kappa shape index (κ1) is 15.8. The molecule has 0 saturated carbocycles. The van der Waals surface area contributed by atoms with Crippen molar-refractivity contribution in [3.63, 3.8) is 0 Å². The average Bonchev–Trinajstić information content (AvgIpc) is 3.05. The molecule has 0 spiro atoms. The van der Waals surface area contributed by atoms with Gasteiger partial charge < -0.3 is 10.1 Å². The van der Waals surface area contributed by atoms with E-state index in [1.807, 2.05) is 54.6 Å². The molecule has 1 aliphatic heterocycles. The van der Waals surface area contributed by atoms with Crippen molar-refractivity contribution in [3.8, 4) is 17.1 Å². The number of hydrogen-bond acceptors (Lipinski definition) is 4. The molecule has 6 heteroatoms. The number of H-pyrrole nitrogens is 1. The van der Waals surface area contributed by atoms with Crippen molar-refractivity contribution in [1.29, 1.82) is 0 Å². The van der Waals surface area contributed by atoms with Gasteiger partial charge in [-0.15, -0.1) is 0 Å². The number of benzene rings is 2. The molecule has 1 amide bonds. The van der Waals surface area contributed by atoms with E-state index in [9.17, 15) is 4.79 Å². The lowest BCUT2D eigenvalue weighted by atomic mass is 10.1. The lowest BCUT2D eigenvalue weighted by Gasteiger charge is -2.03. The Kier molecular flexibility index (Phi) is 4.30. The average molecular weight is 344 g/mol. The van der Waals surface area contributed by atoms with Crippen LogP contribution in [0.4, 0.5) is 0 Å². The summed E-state index contributed by atoms with van der Waals surface area (Å²) < 4.78 is 5.50. The Morgan fingerprint density at radius 3 is 2.77 bits per heavy atom. The molecule has 4 rings (SSSR count). The SMILES string of the molecule is O=C(NCc1nc(-c2ccccc2)n[nH]1)C1=Cc2ccccc2OC=C1. The van der Waals surface area contributed by atoms with Gasteiger partial charge in [-0.1, -0.05) is 48.5 Å². The van der Waals surface area contributed by atoms with Gasteiger partial charge in [0.05, 0.1) is 12.8 Å². The monoisotopic (exact) mass is 344 g/mol. The summed E-state index contributed by atoms with van der Waals surface area (Å²) in [4.78, 5) is 16.9. The number of carbonyl (C=O) groups is 1.